The van der Waals surface area contributed by atoms with Crippen molar-refractivity contribution in [3.05, 3.63) is 30.1 Å². The van der Waals surface area contributed by atoms with Gasteiger partial charge in [0.1, 0.15) is 5.82 Å². The van der Waals surface area contributed by atoms with Gasteiger partial charge in [0.15, 0.2) is 0 Å². The highest BCUT2D eigenvalue weighted by molar-refractivity contribution is 5.78. The summed E-state index contributed by atoms with van der Waals surface area (Å²) in [4.78, 5) is 16.9. The van der Waals surface area contributed by atoms with Crippen LogP contribution in [0.2, 0.25) is 0 Å². The lowest BCUT2D eigenvalue weighted by molar-refractivity contribution is -0.121. The van der Waals surface area contributed by atoms with Crippen LogP contribution < -0.4 is 5.32 Å². The van der Waals surface area contributed by atoms with Gasteiger partial charge in [0, 0.05) is 13.0 Å². The number of carbonyl (C=O) groups is 1. The highest BCUT2D eigenvalue weighted by atomic mass is 16.1. The maximum Gasteiger partial charge on any atom is 0.220 e. The molecule has 0 saturated carbocycles. The lowest BCUT2D eigenvalue weighted by Gasteiger charge is -2.16. The summed E-state index contributed by atoms with van der Waals surface area (Å²) in [6, 6.07) is 8.24. The SMILES string of the molecule is CCCCCCCCCCCn1c(C(C)NC(=O)CCC)nc2ccccc21. The molecule has 28 heavy (non-hydrogen) atoms. The Labute approximate surface area is 171 Å². The number of para-hydroxylation sites is 2. The number of rotatable bonds is 14. The van der Waals surface area contributed by atoms with Crippen LogP contribution in [0.4, 0.5) is 0 Å². The molecule has 0 saturated heterocycles. The first kappa shape index (κ1) is 22.4. The van der Waals surface area contributed by atoms with Crippen molar-refractivity contribution in [2.24, 2.45) is 0 Å². The smallest absolute Gasteiger partial charge is 0.220 e. The van der Waals surface area contributed by atoms with E-state index in [1.807, 2.05) is 19.9 Å². The Morgan fingerprint density at radius 3 is 2.29 bits per heavy atom. The summed E-state index contributed by atoms with van der Waals surface area (Å²) in [5.41, 5.74) is 2.19. The molecular weight excluding hydrogens is 346 g/mol. The van der Waals surface area contributed by atoms with Gasteiger partial charge in [-0.3, -0.25) is 4.79 Å². The Morgan fingerprint density at radius 2 is 1.61 bits per heavy atom. The third kappa shape index (κ3) is 6.96. The third-order valence-electron chi connectivity index (χ3n) is 5.41. The number of unbranched alkanes of at least 4 members (excludes halogenated alkanes) is 8. The Hall–Kier alpha value is -1.84. The van der Waals surface area contributed by atoms with E-state index in [2.05, 4.69) is 35.0 Å². The molecule has 1 amide bonds. The van der Waals surface area contributed by atoms with E-state index < -0.39 is 0 Å². The molecule has 0 bridgehead atoms. The summed E-state index contributed by atoms with van der Waals surface area (Å²) >= 11 is 0. The minimum Gasteiger partial charge on any atom is -0.346 e. The molecule has 2 aromatic rings. The monoisotopic (exact) mass is 385 g/mol. The normalized spacial score (nSPS) is 12.4. The molecule has 0 aliphatic carbocycles. The first-order valence-corrected chi connectivity index (χ1v) is 11.4. The molecule has 156 valence electrons. The minimum absolute atomic E-state index is 0.0648. The van der Waals surface area contributed by atoms with Crippen molar-refractivity contribution < 1.29 is 4.79 Å². The van der Waals surface area contributed by atoms with Crippen LogP contribution >= 0.6 is 0 Å². The van der Waals surface area contributed by atoms with Crippen molar-refractivity contribution in [2.75, 3.05) is 0 Å². The van der Waals surface area contributed by atoms with Crippen molar-refractivity contribution >= 4 is 16.9 Å². The van der Waals surface area contributed by atoms with Crippen LogP contribution in [-0.2, 0) is 11.3 Å². The summed E-state index contributed by atoms with van der Waals surface area (Å²) < 4.78 is 2.31. The van der Waals surface area contributed by atoms with E-state index in [0.717, 1.165) is 30.7 Å². The zero-order valence-corrected chi connectivity index (χ0v) is 18.2. The second-order valence-corrected chi connectivity index (χ2v) is 7.98. The fourth-order valence-corrected chi connectivity index (χ4v) is 3.85. The lowest BCUT2D eigenvalue weighted by atomic mass is 10.1. The summed E-state index contributed by atoms with van der Waals surface area (Å²) in [7, 11) is 0. The highest BCUT2D eigenvalue weighted by Gasteiger charge is 2.17. The van der Waals surface area contributed by atoms with Gasteiger partial charge in [-0.05, 0) is 31.9 Å². The predicted octanol–water partition coefficient (Wildman–Crippen LogP) is 6.54. The van der Waals surface area contributed by atoms with E-state index in [1.165, 1.54) is 56.9 Å². The molecule has 0 spiro atoms. The quantitative estimate of drug-likeness (QED) is 0.375. The second kappa shape index (κ2) is 12.6. The van der Waals surface area contributed by atoms with Gasteiger partial charge in [0.25, 0.3) is 0 Å². The highest BCUT2D eigenvalue weighted by Crippen LogP contribution is 2.22. The Balaban J connectivity index is 1.90. The topological polar surface area (TPSA) is 46.9 Å². The molecule has 1 aromatic heterocycles. The number of benzene rings is 1. The first-order chi connectivity index (χ1) is 13.7. The number of nitrogens with zero attached hydrogens (tertiary/aromatic N) is 2. The van der Waals surface area contributed by atoms with E-state index in [-0.39, 0.29) is 11.9 Å². The number of nitrogens with one attached hydrogen (secondary N) is 1. The molecule has 4 heteroatoms. The third-order valence-corrected chi connectivity index (χ3v) is 5.41. The van der Waals surface area contributed by atoms with Crippen LogP contribution in [0.5, 0.6) is 0 Å². The van der Waals surface area contributed by atoms with E-state index in [4.69, 9.17) is 4.98 Å². The van der Waals surface area contributed by atoms with Crippen molar-refractivity contribution in [1.82, 2.24) is 14.9 Å². The summed E-state index contributed by atoms with van der Waals surface area (Å²) in [6.07, 6.45) is 13.4. The van der Waals surface area contributed by atoms with Gasteiger partial charge in [-0.2, -0.15) is 0 Å². The minimum atomic E-state index is -0.0648. The van der Waals surface area contributed by atoms with Gasteiger partial charge in [0.05, 0.1) is 17.1 Å². The molecule has 0 aliphatic rings. The van der Waals surface area contributed by atoms with Crippen molar-refractivity contribution in [2.45, 2.75) is 104 Å². The lowest BCUT2D eigenvalue weighted by Crippen LogP contribution is -2.28. The molecule has 1 aromatic carbocycles. The molecule has 2 rings (SSSR count). The average Bonchev–Trinajstić information content (AvgIpc) is 3.06. The standard InChI is InChI=1S/C24H39N3O/c1-4-6-7-8-9-10-11-12-15-19-27-22-18-14-13-17-21(22)26-24(27)20(3)25-23(28)16-5-2/h13-14,17-18,20H,4-12,15-16,19H2,1-3H3,(H,25,28). The first-order valence-electron chi connectivity index (χ1n) is 11.4. The molecule has 0 radical (unpaired) electrons. The van der Waals surface area contributed by atoms with Crippen molar-refractivity contribution in [3.8, 4) is 0 Å². The molecule has 1 unspecified atom stereocenters. The predicted molar refractivity (Wildman–Crippen MR) is 118 cm³/mol. The molecule has 0 fully saturated rings. The summed E-state index contributed by atoms with van der Waals surface area (Å²) in [5, 5.41) is 3.11. The van der Waals surface area contributed by atoms with Gasteiger partial charge in [-0.25, -0.2) is 4.98 Å². The Morgan fingerprint density at radius 1 is 0.964 bits per heavy atom. The Kier molecular flexibility index (Phi) is 10.1. The zero-order chi connectivity index (χ0) is 20.2. The number of hydrogen-bond acceptors (Lipinski definition) is 2. The number of fused-ring (bicyclic) bond motifs is 1. The van der Waals surface area contributed by atoms with E-state index >= 15 is 0 Å². The molecule has 1 heterocycles. The van der Waals surface area contributed by atoms with Crippen LogP contribution in [0.25, 0.3) is 11.0 Å². The fourth-order valence-electron chi connectivity index (χ4n) is 3.85. The maximum atomic E-state index is 12.0. The van der Waals surface area contributed by atoms with Crippen molar-refractivity contribution in [1.29, 1.82) is 0 Å². The average molecular weight is 386 g/mol. The maximum absolute atomic E-state index is 12.0. The second-order valence-electron chi connectivity index (χ2n) is 7.98. The Bertz CT molecular complexity index is 707. The molecule has 1 atom stereocenters. The van der Waals surface area contributed by atoms with Crippen LogP contribution in [0.1, 0.15) is 103 Å². The number of imidazole rings is 1. The fraction of sp³-hybridized carbons (Fsp3) is 0.667. The number of aryl methyl sites for hydroxylation is 1. The molecule has 0 aliphatic heterocycles. The van der Waals surface area contributed by atoms with Gasteiger partial charge in [-0.1, -0.05) is 77.3 Å². The number of hydrogen-bond donors (Lipinski definition) is 1. The number of carbonyl (C=O) groups excluding carboxylic acids is 1. The van der Waals surface area contributed by atoms with E-state index in [0.29, 0.717) is 6.42 Å². The number of aromatic nitrogens is 2. The molecule has 4 nitrogen and oxygen atoms in total. The molecular formula is C24H39N3O. The van der Waals surface area contributed by atoms with Crippen LogP contribution in [-0.4, -0.2) is 15.5 Å². The van der Waals surface area contributed by atoms with Crippen LogP contribution in [0.15, 0.2) is 24.3 Å². The van der Waals surface area contributed by atoms with E-state index in [1.54, 1.807) is 0 Å². The number of amides is 1. The van der Waals surface area contributed by atoms with Crippen molar-refractivity contribution in [3.63, 3.8) is 0 Å². The van der Waals surface area contributed by atoms with Gasteiger partial charge in [0.2, 0.25) is 5.91 Å². The van der Waals surface area contributed by atoms with Crippen LogP contribution in [0, 0.1) is 0 Å². The van der Waals surface area contributed by atoms with Gasteiger partial charge < -0.3 is 9.88 Å². The summed E-state index contributed by atoms with van der Waals surface area (Å²) in [6.45, 7) is 7.31. The largest absolute Gasteiger partial charge is 0.346 e. The van der Waals surface area contributed by atoms with E-state index in [9.17, 15) is 4.79 Å². The van der Waals surface area contributed by atoms with Gasteiger partial charge in [-0.15, -0.1) is 0 Å². The van der Waals surface area contributed by atoms with Crippen LogP contribution in [0.3, 0.4) is 0 Å². The summed E-state index contributed by atoms with van der Waals surface area (Å²) in [5.74, 6) is 1.09. The zero-order valence-electron chi connectivity index (χ0n) is 18.2. The molecule has 1 N–H and O–H groups in total. The van der Waals surface area contributed by atoms with Gasteiger partial charge >= 0.3 is 0 Å².